The summed E-state index contributed by atoms with van der Waals surface area (Å²) in [6.45, 7) is 28.1. The van der Waals surface area contributed by atoms with E-state index in [4.69, 9.17) is 44.9 Å². The SMILES string of the molecule is CSc1nc(CN2CCCC2c2ccccn2)cc(N2CCN(C)CC2)n1.CSc1nc(CN2CCCCC2c2ccccn2)cc(N2CCN(C)CC2)n1.Cc1nc(CN2CCCC2c2ccccn2)cc(N2CCN(C)CC2)n1.Cc1nc([C@@H]2CCCCN2[C@@H]2CCCc3cccnc32)cc(N2CCN(C)CC2)n1. The summed E-state index contributed by atoms with van der Waals surface area (Å²) in [7, 11) is 8.74. The van der Waals surface area contributed by atoms with Crippen molar-refractivity contribution in [3.63, 3.8) is 0 Å². The lowest BCUT2D eigenvalue weighted by molar-refractivity contribution is 0.0786. The monoisotopic (exact) mass is 1540 g/mol. The van der Waals surface area contributed by atoms with Crippen LogP contribution in [-0.4, -0.2) is 271 Å². The molecule has 0 radical (unpaired) electrons. The molecule has 0 saturated carbocycles. The molecule has 0 N–H and O–H groups in total. The van der Waals surface area contributed by atoms with E-state index in [9.17, 15) is 0 Å². The lowest BCUT2D eigenvalue weighted by Crippen LogP contribution is -2.45. The third kappa shape index (κ3) is 21.5. The van der Waals surface area contributed by atoms with Gasteiger partial charge in [0.25, 0.3) is 0 Å². The summed E-state index contributed by atoms with van der Waals surface area (Å²) < 4.78 is 0. The van der Waals surface area contributed by atoms with Gasteiger partial charge in [0.15, 0.2) is 10.3 Å². The number of aromatic nitrogens is 12. The van der Waals surface area contributed by atoms with Crippen LogP contribution in [-0.2, 0) is 26.1 Å². The second-order valence-corrected chi connectivity index (χ2v) is 33.3. The average Bonchev–Trinajstić information content (AvgIpc) is 1.25. The summed E-state index contributed by atoms with van der Waals surface area (Å²) in [5, 5.41) is 1.74. The summed E-state index contributed by atoms with van der Waals surface area (Å²) in [5.41, 5.74) is 10.8. The molecule has 0 bridgehead atoms. The van der Waals surface area contributed by atoms with Gasteiger partial charge in [-0.3, -0.25) is 39.5 Å². The second-order valence-electron chi connectivity index (χ2n) is 31.7. The number of nitrogens with zero attached hydrogens (tertiary/aromatic N) is 24. The van der Waals surface area contributed by atoms with Gasteiger partial charge in [0.1, 0.15) is 34.9 Å². The van der Waals surface area contributed by atoms with Gasteiger partial charge >= 0.3 is 0 Å². The van der Waals surface area contributed by atoms with Crippen LogP contribution < -0.4 is 19.6 Å². The number of piperazine rings is 4. The van der Waals surface area contributed by atoms with Crippen LogP contribution in [0.1, 0.15) is 170 Å². The molecular weight excluding hydrogens is 1420 g/mol. The predicted molar refractivity (Wildman–Crippen MR) is 448 cm³/mol. The predicted octanol–water partition coefficient (Wildman–Crippen LogP) is 11.6. The Bertz CT molecular complexity index is 4180. The maximum absolute atomic E-state index is 4.96. The van der Waals surface area contributed by atoms with E-state index in [0.29, 0.717) is 30.2 Å². The van der Waals surface area contributed by atoms with Crippen LogP contribution in [0.15, 0.2) is 126 Å². The largest absolute Gasteiger partial charge is 0.354 e. The van der Waals surface area contributed by atoms with Crippen LogP contribution in [0.25, 0.3) is 0 Å². The molecule has 0 amide bonds. The van der Waals surface area contributed by atoms with Crippen LogP contribution in [0, 0.1) is 13.8 Å². The number of likely N-dealkylation sites (tertiary alicyclic amines) is 4. The third-order valence-corrected chi connectivity index (χ3v) is 25.0. The molecule has 8 aliphatic heterocycles. The molecule has 8 saturated heterocycles. The summed E-state index contributed by atoms with van der Waals surface area (Å²) in [6, 6.07) is 33.9. The fourth-order valence-electron chi connectivity index (χ4n) is 17.6. The van der Waals surface area contributed by atoms with Crippen LogP contribution in [0.2, 0.25) is 0 Å². The first-order valence-electron chi connectivity index (χ1n) is 41.3. The normalized spacial score (nSPS) is 22.9. The minimum Gasteiger partial charge on any atom is -0.354 e. The van der Waals surface area contributed by atoms with E-state index in [2.05, 4.69) is 187 Å². The van der Waals surface area contributed by atoms with Gasteiger partial charge in [-0.15, -0.1) is 0 Å². The first-order chi connectivity index (χ1) is 54.3. The Balaban J connectivity index is 0.000000123. The highest BCUT2D eigenvalue weighted by molar-refractivity contribution is 7.98. The Kier molecular flexibility index (Phi) is 28.5. The lowest BCUT2D eigenvalue weighted by Gasteiger charge is -2.43. The third-order valence-electron chi connectivity index (χ3n) is 23.9. The van der Waals surface area contributed by atoms with Gasteiger partial charge in [-0.25, -0.2) is 39.9 Å². The number of hydrogen-bond donors (Lipinski definition) is 0. The highest BCUT2D eigenvalue weighted by Gasteiger charge is 2.37. The fraction of sp³-hybridized carbons (Fsp3) is 0.576. The second kappa shape index (κ2) is 39.5. The van der Waals surface area contributed by atoms with Crippen molar-refractivity contribution in [3.8, 4) is 0 Å². The van der Waals surface area contributed by atoms with Crippen molar-refractivity contribution in [1.29, 1.82) is 0 Å². The van der Waals surface area contributed by atoms with Gasteiger partial charge in [-0.1, -0.05) is 60.6 Å². The average molecular weight is 1540 g/mol. The molecule has 24 nitrogen and oxygen atoms in total. The maximum atomic E-state index is 4.96. The maximum Gasteiger partial charge on any atom is 0.189 e. The smallest absolute Gasteiger partial charge is 0.189 e. The summed E-state index contributed by atoms with van der Waals surface area (Å²) in [6.07, 6.45) is 27.6. The zero-order chi connectivity index (χ0) is 76.4. The van der Waals surface area contributed by atoms with Gasteiger partial charge < -0.3 is 39.2 Å². The summed E-state index contributed by atoms with van der Waals surface area (Å²) in [5.74, 6) is 6.10. The molecule has 17 rings (SSSR count). The van der Waals surface area contributed by atoms with Crippen LogP contribution in [0.3, 0.4) is 0 Å². The molecule has 111 heavy (non-hydrogen) atoms. The number of piperidine rings is 2. The van der Waals surface area contributed by atoms with Crippen molar-refractivity contribution < 1.29 is 0 Å². The quantitative estimate of drug-likeness (QED) is 0.0616. The molecule has 16 heterocycles. The van der Waals surface area contributed by atoms with Crippen LogP contribution in [0.4, 0.5) is 23.3 Å². The zero-order valence-electron chi connectivity index (χ0n) is 67.4. The Labute approximate surface area is 669 Å². The Morgan fingerprint density at radius 1 is 0.324 bits per heavy atom. The van der Waals surface area contributed by atoms with Crippen molar-refractivity contribution >= 4 is 46.8 Å². The molecule has 1 aliphatic carbocycles. The van der Waals surface area contributed by atoms with Gasteiger partial charge in [-0.2, -0.15) is 0 Å². The van der Waals surface area contributed by atoms with Crippen LogP contribution in [0.5, 0.6) is 0 Å². The number of likely N-dealkylation sites (N-methyl/N-ethyl adjacent to an activating group) is 4. The fourth-order valence-corrected chi connectivity index (χ4v) is 18.4. The Hall–Kier alpha value is -7.50. The van der Waals surface area contributed by atoms with Gasteiger partial charge in [0.05, 0.1) is 75.8 Å². The van der Waals surface area contributed by atoms with Crippen LogP contribution >= 0.6 is 23.5 Å². The first-order valence-corrected chi connectivity index (χ1v) is 43.7. The van der Waals surface area contributed by atoms with E-state index in [1.165, 1.54) is 118 Å². The summed E-state index contributed by atoms with van der Waals surface area (Å²) >= 11 is 3.26. The Morgan fingerprint density at radius 2 is 0.703 bits per heavy atom. The zero-order valence-corrected chi connectivity index (χ0v) is 69.0. The lowest BCUT2D eigenvalue weighted by atomic mass is 9.87. The molecule has 3 unspecified atom stereocenters. The van der Waals surface area contributed by atoms with Gasteiger partial charge in [0.2, 0.25) is 0 Å². The topological polar surface area (TPSA) is 194 Å². The minimum atomic E-state index is 0.365. The van der Waals surface area contributed by atoms with Crippen molar-refractivity contribution in [2.24, 2.45) is 0 Å². The molecule has 26 heteroatoms. The number of pyridine rings is 4. The molecule has 9 aliphatic rings. The molecule has 0 aromatic carbocycles. The molecule has 0 spiro atoms. The number of hydrogen-bond acceptors (Lipinski definition) is 26. The van der Waals surface area contributed by atoms with E-state index in [-0.39, 0.29) is 0 Å². The van der Waals surface area contributed by atoms with E-state index in [0.717, 1.165) is 213 Å². The van der Waals surface area contributed by atoms with Crippen molar-refractivity contribution in [1.82, 2.24) is 99.0 Å². The number of aryl methyl sites for hydroxylation is 3. The summed E-state index contributed by atoms with van der Waals surface area (Å²) in [4.78, 5) is 86.5. The van der Waals surface area contributed by atoms with Gasteiger partial charge in [-0.05, 0) is 199 Å². The molecule has 8 fully saturated rings. The highest BCUT2D eigenvalue weighted by Crippen LogP contribution is 2.43. The standard InChI is InChI=1S/C24H34N6.C21H30N6S.C20H28N6S.C20H28N6/c1-18-26-20(17-23(27-18)29-15-13-28(2)14-16-29)21-9-3-4-12-30(21)22-10-5-7-19-8-6-11-25-24(19)22;1-25-11-13-26(14-12-25)20-15-17(23-21(24-20)28-2)16-27-10-6-4-8-19(27)18-7-3-5-9-22-18;1-24-10-12-25(13-11-24)19-14-16(22-20(23-19)27-2)15-26-9-5-7-18(26)17-6-3-4-8-21-17;1-16-22-17(14-20(23-16)25-12-10-24(2)11-13-25)15-26-9-5-7-19(26)18-6-3-4-8-21-18/h6,8,11,17,21-22H,3-5,7,9-10,12-16H2,1-2H3;3,5,7,9,15,19H,4,6,8,10-14,16H2,1-2H3;3-4,6,8,14,18H,5,7,9-13,15H2,1-2H3;3-4,6,8,14,19H,5,7,9-13,15H2,1-2H3/t21-,22+;;;/m0.../s1. The van der Waals surface area contributed by atoms with E-state index in [1.807, 2.05) is 56.8 Å². The first kappa shape index (κ1) is 80.1. The molecule has 592 valence electrons. The number of rotatable bonds is 17. The molecule has 5 atom stereocenters. The minimum absolute atomic E-state index is 0.365. The highest BCUT2D eigenvalue weighted by atomic mass is 32.2. The van der Waals surface area contributed by atoms with E-state index in [1.54, 1.807) is 23.5 Å². The molecule has 8 aromatic heterocycles. The van der Waals surface area contributed by atoms with Crippen molar-refractivity contribution in [2.75, 3.05) is 191 Å². The Morgan fingerprint density at radius 3 is 1.14 bits per heavy atom. The van der Waals surface area contributed by atoms with E-state index < -0.39 is 0 Å². The van der Waals surface area contributed by atoms with E-state index >= 15 is 0 Å². The van der Waals surface area contributed by atoms with Gasteiger partial charge in [0, 0.05) is 173 Å². The van der Waals surface area contributed by atoms with Crippen molar-refractivity contribution in [3.05, 3.63) is 179 Å². The van der Waals surface area contributed by atoms with Crippen molar-refractivity contribution in [2.45, 2.75) is 157 Å². The molecule has 8 aromatic rings. The number of fused-ring (bicyclic) bond motifs is 1. The number of thioether (sulfide) groups is 2. The number of anilines is 4. The molecular formula is C85H120N24S2.